The van der Waals surface area contributed by atoms with Crippen LogP contribution in [0.3, 0.4) is 0 Å². The summed E-state index contributed by atoms with van der Waals surface area (Å²) < 4.78 is 5.44. The van der Waals surface area contributed by atoms with E-state index in [2.05, 4.69) is 5.32 Å². The van der Waals surface area contributed by atoms with Crippen LogP contribution in [-0.4, -0.2) is 66.2 Å². The first-order valence-corrected chi connectivity index (χ1v) is 8.84. The predicted octanol–water partition coefficient (Wildman–Crippen LogP) is 1.99. The molecule has 1 unspecified atom stereocenters. The van der Waals surface area contributed by atoms with Crippen molar-refractivity contribution in [2.24, 2.45) is 0 Å². The fraction of sp³-hybridized carbons (Fsp3) is 0.882. The molecule has 2 saturated heterocycles. The summed E-state index contributed by atoms with van der Waals surface area (Å²) in [6.45, 7) is 9.29. The van der Waals surface area contributed by atoms with Gasteiger partial charge in [-0.2, -0.15) is 0 Å². The number of nitrogens with zero attached hydrogens (tertiary/aromatic N) is 2. The first-order chi connectivity index (χ1) is 10.8. The smallest absolute Gasteiger partial charge is 0.410 e. The Bertz CT molecular complexity index is 414. The van der Waals surface area contributed by atoms with Gasteiger partial charge in [0.1, 0.15) is 5.60 Å². The zero-order valence-corrected chi connectivity index (χ0v) is 14.8. The molecule has 23 heavy (non-hydrogen) atoms. The van der Waals surface area contributed by atoms with E-state index in [0.29, 0.717) is 19.1 Å². The van der Waals surface area contributed by atoms with E-state index in [9.17, 15) is 9.59 Å². The van der Waals surface area contributed by atoms with E-state index in [-0.39, 0.29) is 12.0 Å². The van der Waals surface area contributed by atoms with Crippen molar-refractivity contribution >= 4 is 12.0 Å². The second-order valence-corrected chi connectivity index (χ2v) is 7.56. The Hall–Kier alpha value is -1.30. The molecule has 2 heterocycles. The van der Waals surface area contributed by atoms with E-state index >= 15 is 0 Å². The largest absolute Gasteiger partial charge is 0.444 e. The molecule has 6 heteroatoms. The van der Waals surface area contributed by atoms with Crippen molar-refractivity contribution < 1.29 is 14.3 Å². The molecule has 0 aromatic rings. The maximum absolute atomic E-state index is 12.1. The van der Waals surface area contributed by atoms with Crippen LogP contribution in [0.15, 0.2) is 0 Å². The minimum absolute atomic E-state index is 0.204. The molecule has 2 rings (SSSR count). The standard InChI is InChI=1S/C17H31N3O3/c1-17(2,3)23-16(22)20-11-6-7-14(8-12-20)18-13-15(21)19-9-4-5-10-19/h14,18H,4-13H2,1-3H3. The number of carbonyl (C=O) groups excluding carboxylic acids is 2. The van der Waals surface area contributed by atoms with Crippen LogP contribution in [0.5, 0.6) is 0 Å². The summed E-state index contributed by atoms with van der Waals surface area (Å²) in [6, 6.07) is 0.300. The molecule has 0 bridgehead atoms. The minimum atomic E-state index is -0.455. The number of ether oxygens (including phenoxy) is 1. The zero-order chi connectivity index (χ0) is 16.9. The van der Waals surface area contributed by atoms with Crippen molar-refractivity contribution in [1.82, 2.24) is 15.1 Å². The summed E-state index contributed by atoms with van der Waals surface area (Å²) in [4.78, 5) is 27.9. The lowest BCUT2D eigenvalue weighted by molar-refractivity contribution is -0.129. The third-order valence-electron chi connectivity index (χ3n) is 4.38. The van der Waals surface area contributed by atoms with Crippen LogP contribution in [0.4, 0.5) is 4.79 Å². The number of likely N-dealkylation sites (tertiary alicyclic amines) is 2. The number of hydrogen-bond donors (Lipinski definition) is 1. The summed E-state index contributed by atoms with van der Waals surface area (Å²) in [7, 11) is 0. The van der Waals surface area contributed by atoms with Gasteiger partial charge in [0.15, 0.2) is 0 Å². The molecule has 0 aliphatic carbocycles. The van der Waals surface area contributed by atoms with Crippen molar-refractivity contribution in [3.05, 3.63) is 0 Å². The Labute approximate surface area is 139 Å². The maximum Gasteiger partial charge on any atom is 0.410 e. The minimum Gasteiger partial charge on any atom is -0.444 e. The molecule has 2 aliphatic rings. The quantitative estimate of drug-likeness (QED) is 0.862. The molecule has 2 amide bonds. The molecule has 0 radical (unpaired) electrons. The van der Waals surface area contributed by atoms with Gasteiger partial charge in [-0.1, -0.05) is 0 Å². The van der Waals surface area contributed by atoms with Crippen molar-refractivity contribution in [3.63, 3.8) is 0 Å². The maximum atomic E-state index is 12.1. The average molecular weight is 325 g/mol. The van der Waals surface area contributed by atoms with Crippen LogP contribution in [-0.2, 0) is 9.53 Å². The van der Waals surface area contributed by atoms with Crippen LogP contribution in [0.2, 0.25) is 0 Å². The summed E-state index contributed by atoms with van der Waals surface area (Å²) in [6.07, 6.45) is 4.82. The Balaban J connectivity index is 1.73. The topological polar surface area (TPSA) is 61.9 Å². The molecule has 0 aromatic carbocycles. The highest BCUT2D eigenvalue weighted by Gasteiger charge is 2.25. The number of nitrogens with one attached hydrogen (secondary N) is 1. The van der Waals surface area contributed by atoms with Crippen molar-refractivity contribution in [3.8, 4) is 0 Å². The molecular formula is C17H31N3O3. The number of rotatable bonds is 3. The van der Waals surface area contributed by atoms with Crippen molar-refractivity contribution in [2.45, 2.75) is 64.5 Å². The molecule has 2 fully saturated rings. The van der Waals surface area contributed by atoms with Gasteiger partial charge in [0.25, 0.3) is 0 Å². The van der Waals surface area contributed by atoms with Crippen LogP contribution < -0.4 is 5.32 Å². The monoisotopic (exact) mass is 325 g/mol. The lowest BCUT2D eigenvalue weighted by atomic mass is 10.1. The third kappa shape index (κ3) is 6.01. The molecule has 0 saturated carbocycles. The summed E-state index contributed by atoms with van der Waals surface area (Å²) in [5.74, 6) is 0.204. The summed E-state index contributed by atoms with van der Waals surface area (Å²) in [5.41, 5.74) is -0.455. The molecule has 6 nitrogen and oxygen atoms in total. The molecule has 0 aromatic heterocycles. The first kappa shape index (κ1) is 18.0. The van der Waals surface area contributed by atoms with Gasteiger partial charge in [-0.15, -0.1) is 0 Å². The summed E-state index contributed by atoms with van der Waals surface area (Å²) in [5, 5.41) is 3.38. The van der Waals surface area contributed by atoms with Gasteiger partial charge in [-0.05, 0) is 52.9 Å². The van der Waals surface area contributed by atoms with Gasteiger partial charge < -0.3 is 19.9 Å². The highest BCUT2D eigenvalue weighted by molar-refractivity contribution is 5.78. The lowest BCUT2D eigenvalue weighted by Gasteiger charge is -2.26. The van der Waals surface area contributed by atoms with Gasteiger partial charge in [-0.3, -0.25) is 4.79 Å². The van der Waals surface area contributed by atoms with Crippen molar-refractivity contribution in [2.75, 3.05) is 32.7 Å². The molecule has 1 N–H and O–H groups in total. The van der Waals surface area contributed by atoms with Crippen LogP contribution in [0.1, 0.15) is 52.9 Å². The van der Waals surface area contributed by atoms with Gasteiger partial charge in [0.05, 0.1) is 6.54 Å². The number of amides is 2. The van der Waals surface area contributed by atoms with Crippen molar-refractivity contribution in [1.29, 1.82) is 0 Å². The third-order valence-corrected chi connectivity index (χ3v) is 4.38. The lowest BCUT2D eigenvalue weighted by Crippen LogP contribution is -2.41. The molecule has 1 atom stereocenters. The second kappa shape index (κ2) is 7.99. The number of hydrogen-bond acceptors (Lipinski definition) is 4. The fourth-order valence-electron chi connectivity index (χ4n) is 3.12. The van der Waals surface area contributed by atoms with Gasteiger partial charge in [0.2, 0.25) is 5.91 Å². The van der Waals surface area contributed by atoms with E-state index in [1.807, 2.05) is 25.7 Å². The number of carbonyl (C=O) groups is 2. The highest BCUT2D eigenvalue weighted by atomic mass is 16.6. The normalized spacial score (nSPS) is 22.8. The predicted molar refractivity (Wildman–Crippen MR) is 89.3 cm³/mol. The fourth-order valence-corrected chi connectivity index (χ4v) is 3.12. The van der Waals surface area contributed by atoms with Crippen LogP contribution in [0.25, 0.3) is 0 Å². The SMILES string of the molecule is CC(C)(C)OC(=O)N1CCCC(NCC(=O)N2CCCC2)CC1. The summed E-state index contributed by atoms with van der Waals surface area (Å²) >= 11 is 0. The van der Waals surface area contributed by atoms with Gasteiger partial charge in [0, 0.05) is 32.2 Å². The Morgan fingerprint density at radius 3 is 2.30 bits per heavy atom. The van der Waals surface area contributed by atoms with Crippen LogP contribution >= 0.6 is 0 Å². The van der Waals surface area contributed by atoms with E-state index in [1.54, 1.807) is 4.90 Å². The average Bonchev–Trinajstić information content (AvgIpc) is 2.89. The molecule has 2 aliphatic heterocycles. The second-order valence-electron chi connectivity index (χ2n) is 7.56. The Morgan fingerprint density at radius 1 is 1.00 bits per heavy atom. The Kier molecular flexibility index (Phi) is 6.27. The first-order valence-electron chi connectivity index (χ1n) is 8.84. The Morgan fingerprint density at radius 2 is 1.65 bits per heavy atom. The van der Waals surface area contributed by atoms with E-state index in [1.165, 1.54) is 0 Å². The molecular weight excluding hydrogens is 294 g/mol. The van der Waals surface area contributed by atoms with Gasteiger partial charge in [-0.25, -0.2) is 4.79 Å². The zero-order valence-electron chi connectivity index (χ0n) is 14.8. The highest BCUT2D eigenvalue weighted by Crippen LogP contribution is 2.15. The van der Waals surface area contributed by atoms with E-state index in [0.717, 1.165) is 51.7 Å². The van der Waals surface area contributed by atoms with Gasteiger partial charge >= 0.3 is 6.09 Å². The van der Waals surface area contributed by atoms with E-state index < -0.39 is 5.60 Å². The molecule has 0 spiro atoms. The molecule has 132 valence electrons. The van der Waals surface area contributed by atoms with Crippen LogP contribution in [0, 0.1) is 0 Å². The van der Waals surface area contributed by atoms with E-state index in [4.69, 9.17) is 4.74 Å².